The molecule has 7 heteroatoms. The van der Waals surface area contributed by atoms with Gasteiger partial charge in [-0.2, -0.15) is 0 Å². The van der Waals surface area contributed by atoms with Crippen LogP contribution < -0.4 is 10.6 Å². The van der Waals surface area contributed by atoms with Crippen molar-refractivity contribution in [3.05, 3.63) is 35.4 Å². The highest BCUT2D eigenvalue weighted by Gasteiger charge is 2.20. The normalized spacial score (nSPS) is 17.5. The molecule has 0 aromatic heterocycles. The van der Waals surface area contributed by atoms with Crippen LogP contribution >= 0.6 is 24.0 Å². The van der Waals surface area contributed by atoms with Gasteiger partial charge in [0.1, 0.15) is 0 Å². The van der Waals surface area contributed by atoms with E-state index in [2.05, 4.69) is 34.4 Å². The van der Waals surface area contributed by atoms with Crippen molar-refractivity contribution in [2.75, 3.05) is 33.2 Å². The lowest BCUT2D eigenvalue weighted by Crippen LogP contribution is -2.49. The van der Waals surface area contributed by atoms with Gasteiger partial charge in [0.25, 0.3) is 0 Å². The van der Waals surface area contributed by atoms with Gasteiger partial charge in [-0.15, -0.1) is 24.0 Å². The number of piperidine rings is 1. The van der Waals surface area contributed by atoms with Gasteiger partial charge in [-0.05, 0) is 42.4 Å². The summed E-state index contributed by atoms with van der Waals surface area (Å²) in [7, 11) is 1.76. The van der Waals surface area contributed by atoms with Crippen molar-refractivity contribution in [3.8, 4) is 0 Å². The molecule has 0 radical (unpaired) electrons. The highest BCUT2D eigenvalue weighted by molar-refractivity contribution is 14.0. The highest BCUT2D eigenvalue weighted by Crippen LogP contribution is 2.17. The lowest BCUT2D eigenvalue weighted by atomic mass is 10.0. The number of benzene rings is 1. The minimum atomic E-state index is -0.810. The Hall–Kier alpha value is -0.960. The fraction of sp³-hybridized carbons (Fsp3) is 0.650. The number of likely N-dealkylation sites (tertiary alicyclic amines) is 1. The van der Waals surface area contributed by atoms with E-state index in [1.807, 2.05) is 6.92 Å². The van der Waals surface area contributed by atoms with Crippen LogP contribution in [0.5, 0.6) is 0 Å². The second-order valence-corrected chi connectivity index (χ2v) is 7.64. The van der Waals surface area contributed by atoms with Crippen molar-refractivity contribution in [2.24, 2.45) is 10.9 Å². The van der Waals surface area contributed by atoms with Crippen LogP contribution in [0.25, 0.3) is 0 Å². The minimum Gasteiger partial charge on any atom is -0.356 e. The van der Waals surface area contributed by atoms with Gasteiger partial charge in [0.15, 0.2) is 17.6 Å². The van der Waals surface area contributed by atoms with E-state index < -0.39 is 11.6 Å². The van der Waals surface area contributed by atoms with Crippen LogP contribution in [0.2, 0.25) is 0 Å². The predicted octanol–water partition coefficient (Wildman–Crippen LogP) is 3.97. The number of aliphatic imine (C=N–C) groups is 1. The smallest absolute Gasteiger partial charge is 0.191 e. The Kier molecular flexibility index (Phi) is 10.5. The number of rotatable bonds is 6. The Balaban J connectivity index is 0.00000364. The zero-order valence-corrected chi connectivity index (χ0v) is 19.1. The molecule has 0 spiro atoms. The second-order valence-electron chi connectivity index (χ2n) is 7.64. The Bertz CT molecular complexity index is 602. The first kappa shape index (κ1) is 24.1. The third-order valence-corrected chi connectivity index (χ3v) is 4.86. The van der Waals surface area contributed by atoms with Crippen molar-refractivity contribution in [1.82, 2.24) is 15.5 Å². The number of guanidine groups is 1. The van der Waals surface area contributed by atoms with E-state index in [0.29, 0.717) is 18.5 Å². The van der Waals surface area contributed by atoms with Crippen LogP contribution in [-0.4, -0.2) is 50.1 Å². The van der Waals surface area contributed by atoms with Crippen molar-refractivity contribution in [1.29, 1.82) is 0 Å². The Labute approximate surface area is 179 Å². The van der Waals surface area contributed by atoms with Crippen LogP contribution in [0, 0.1) is 17.6 Å². The number of hydrogen-bond acceptors (Lipinski definition) is 2. The highest BCUT2D eigenvalue weighted by atomic mass is 127. The monoisotopic (exact) mass is 494 g/mol. The summed E-state index contributed by atoms with van der Waals surface area (Å²) in [6, 6.07) is 4.50. The molecule has 1 aliphatic heterocycles. The van der Waals surface area contributed by atoms with Gasteiger partial charge in [0.2, 0.25) is 0 Å². The van der Waals surface area contributed by atoms with Gasteiger partial charge in [-0.1, -0.05) is 26.8 Å². The molecule has 4 nitrogen and oxygen atoms in total. The summed E-state index contributed by atoms with van der Waals surface area (Å²) in [5.74, 6) is -0.0924. The van der Waals surface area contributed by atoms with E-state index in [-0.39, 0.29) is 29.9 Å². The van der Waals surface area contributed by atoms with Crippen molar-refractivity contribution in [2.45, 2.75) is 45.6 Å². The maximum absolute atomic E-state index is 13.4. The fourth-order valence-electron chi connectivity index (χ4n) is 3.35. The standard InChI is InChI=1S/C20H32F2N4.HI/c1-14(2)13-26-9-7-17(8-10-26)25-20(23-4)24-12-15(3)16-5-6-18(21)19(22)11-16;/h5-6,11,14-15,17H,7-10,12-13H2,1-4H3,(H2,23,24,25);1H. The summed E-state index contributed by atoms with van der Waals surface area (Å²) in [5, 5.41) is 6.79. The molecule has 2 N–H and O–H groups in total. The zero-order chi connectivity index (χ0) is 19.1. The Morgan fingerprint density at radius 2 is 1.85 bits per heavy atom. The summed E-state index contributed by atoms with van der Waals surface area (Å²) in [6.45, 7) is 10.5. The zero-order valence-electron chi connectivity index (χ0n) is 16.8. The molecule has 1 aliphatic rings. The molecule has 1 fully saturated rings. The van der Waals surface area contributed by atoms with E-state index in [9.17, 15) is 8.78 Å². The summed E-state index contributed by atoms with van der Waals surface area (Å²) >= 11 is 0. The molecule has 1 atom stereocenters. The first-order valence-corrected chi connectivity index (χ1v) is 9.53. The van der Waals surface area contributed by atoms with Gasteiger partial charge in [-0.3, -0.25) is 4.99 Å². The van der Waals surface area contributed by atoms with Gasteiger partial charge in [-0.25, -0.2) is 8.78 Å². The molecule has 0 saturated carbocycles. The van der Waals surface area contributed by atoms with Gasteiger partial charge < -0.3 is 15.5 Å². The lowest BCUT2D eigenvalue weighted by Gasteiger charge is -2.34. The van der Waals surface area contributed by atoms with Gasteiger partial charge in [0.05, 0.1) is 0 Å². The minimum absolute atomic E-state index is 0. The molecule has 0 amide bonds. The molecule has 1 unspecified atom stereocenters. The molecule has 27 heavy (non-hydrogen) atoms. The lowest BCUT2D eigenvalue weighted by molar-refractivity contribution is 0.187. The molecule has 2 rings (SSSR count). The third kappa shape index (κ3) is 7.89. The Morgan fingerprint density at radius 1 is 1.19 bits per heavy atom. The van der Waals surface area contributed by atoms with E-state index in [1.54, 1.807) is 13.1 Å². The van der Waals surface area contributed by atoms with Crippen molar-refractivity contribution >= 4 is 29.9 Å². The topological polar surface area (TPSA) is 39.7 Å². The average molecular weight is 494 g/mol. The number of halogens is 3. The molecular formula is C20H33F2IN4. The van der Waals surface area contributed by atoms with E-state index >= 15 is 0 Å². The van der Waals surface area contributed by atoms with Gasteiger partial charge >= 0.3 is 0 Å². The molecule has 0 bridgehead atoms. The van der Waals surface area contributed by atoms with Crippen LogP contribution in [-0.2, 0) is 0 Å². The van der Waals surface area contributed by atoms with Crippen LogP contribution in [0.15, 0.2) is 23.2 Å². The number of nitrogens with one attached hydrogen (secondary N) is 2. The Morgan fingerprint density at radius 3 is 2.41 bits per heavy atom. The molecule has 154 valence electrons. The molecule has 0 aliphatic carbocycles. The van der Waals surface area contributed by atoms with Gasteiger partial charge in [0, 0.05) is 39.3 Å². The van der Waals surface area contributed by atoms with E-state index in [0.717, 1.165) is 44.0 Å². The molecule has 1 heterocycles. The molecule has 1 saturated heterocycles. The third-order valence-electron chi connectivity index (χ3n) is 4.86. The molecule has 1 aromatic carbocycles. The summed E-state index contributed by atoms with van der Waals surface area (Å²) < 4.78 is 26.5. The predicted molar refractivity (Wildman–Crippen MR) is 119 cm³/mol. The first-order valence-electron chi connectivity index (χ1n) is 9.53. The summed E-state index contributed by atoms with van der Waals surface area (Å²) in [4.78, 5) is 6.81. The largest absolute Gasteiger partial charge is 0.356 e. The van der Waals surface area contributed by atoms with E-state index in [4.69, 9.17) is 0 Å². The molecule has 1 aromatic rings. The molecular weight excluding hydrogens is 461 g/mol. The second kappa shape index (κ2) is 11.8. The average Bonchev–Trinajstić information content (AvgIpc) is 2.61. The number of nitrogens with zero attached hydrogens (tertiary/aromatic N) is 2. The maximum Gasteiger partial charge on any atom is 0.191 e. The SMILES string of the molecule is CN=C(NCC(C)c1ccc(F)c(F)c1)NC1CCN(CC(C)C)CC1.I. The van der Waals surface area contributed by atoms with Crippen LogP contribution in [0.1, 0.15) is 45.1 Å². The van der Waals surface area contributed by atoms with Crippen LogP contribution in [0.3, 0.4) is 0 Å². The fourth-order valence-corrected chi connectivity index (χ4v) is 3.35. The maximum atomic E-state index is 13.4. The number of hydrogen-bond donors (Lipinski definition) is 2. The first-order chi connectivity index (χ1) is 12.4. The quantitative estimate of drug-likeness (QED) is 0.357. The summed E-state index contributed by atoms with van der Waals surface area (Å²) in [5.41, 5.74) is 0.772. The van der Waals surface area contributed by atoms with Crippen molar-refractivity contribution < 1.29 is 8.78 Å². The van der Waals surface area contributed by atoms with Crippen LogP contribution in [0.4, 0.5) is 8.78 Å². The van der Waals surface area contributed by atoms with Crippen molar-refractivity contribution in [3.63, 3.8) is 0 Å². The summed E-state index contributed by atoms with van der Waals surface area (Å²) in [6.07, 6.45) is 2.21. The van der Waals surface area contributed by atoms with E-state index in [1.165, 1.54) is 12.1 Å².